The first kappa shape index (κ1) is 27.7. The van der Waals surface area contributed by atoms with Gasteiger partial charge in [0.1, 0.15) is 5.58 Å². The molecule has 0 N–H and O–H groups in total. The van der Waals surface area contributed by atoms with E-state index in [2.05, 4.69) is 99.5 Å². The number of rotatable bonds is 5. The van der Waals surface area contributed by atoms with E-state index >= 15 is 0 Å². The molecule has 0 saturated carbocycles. The maximum absolute atomic E-state index is 12.6. The van der Waals surface area contributed by atoms with Gasteiger partial charge in [-0.05, 0) is 66.0 Å². The number of fused-ring (bicyclic) bond motifs is 2. The number of halogens is 6. The zero-order valence-corrected chi connectivity index (χ0v) is 23.2. The van der Waals surface area contributed by atoms with Crippen LogP contribution in [0.1, 0.15) is 37.2 Å². The summed E-state index contributed by atoms with van der Waals surface area (Å²) in [6, 6.07) is 9.13. The standard InChI is InChI=1S/C18H23FINO2.CH2Br2.CH2BrF/c1-23-18(22)17-15(12-3-5-13(20)6-4-12)11-14-7-8-16(17)21(14)10-2-9-19;2*2-1-3/h3-6,14-17H,2,7-11H2,1H3;2*1H2/i19-1;;3-1. The van der Waals surface area contributed by atoms with Crippen LogP contribution in [0, 0.1) is 9.49 Å². The SMILES string of the molecule is BrCBr.COC(=O)C1C(c2ccc(I)cc2)CC2CCC1N2CCC[18F].[18F]CBr. The maximum atomic E-state index is 12.6. The fourth-order valence-electron chi connectivity index (χ4n) is 4.41. The number of benzene rings is 1. The van der Waals surface area contributed by atoms with Gasteiger partial charge in [-0.15, -0.1) is 0 Å². The van der Waals surface area contributed by atoms with Crippen LogP contribution in [0.5, 0.6) is 0 Å². The van der Waals surface area contributed by atoms with E-state index in [-0.39, 0.29) is 30.5 Å². The van der Waals surface area contributed by atoms with E-state index in [0.717, 1.165) is 30.0 Å². The van der Waals surface area contributed by atoms with Gasteiger partial charge in [0.2, 0.25) is 0 Å². The zero-order chi connectivity index (χ0) is 21.8. The maximum Gasteiger partial charge on any atom is 0.310 e. The van der Waals surface area contributed by atoms with Gasteiger partial charge in [-0.2, -0.15) is 0 Å². The molecule has 2 aliphatic rings. The molecule has 3 nitrogen and oxygen atoms in total. The number of ether oxygens (including phenoxy) is 1. The Morgan fingerprint density at radius 3 is 2.31 bits per heavy atom. The Hall–Kier alpha value is 0.680. The molecule has 1 aromatic rings. The number of esters is 1. The summed E-state index contributed by atoms with van der Waals surface area (Å²) in [5.41, 5.74) is 0.787. The first-order valence-electron chi connectivity index (χ1n) is 9.37. The lowest BCUT2D eigenvalue weighted by molar-refractivity contribution is -0.150. The zero-order valence-electron chi connectivity index (χ0n) is 16.3. The van der Waals surface area contributed by atoms with Crippen LogP contribution in [0.4, 0.5) is 8.78 Å². The Bertz CT molecular complexity index is 596. The second kappa shape index (κ2) is 15.5. The summed E-state index contributed by atoms with van der Waals surface area (Å²) in [4.78, 5) is 14.9. The molecule has 2 aliphatic heterocycles. The van der Waals surface area contributed by atoms with Crippen molar-refractivity contribution in [3.63, 3.8) is 0 Å². The summed E-state index contributed by atoms with van der Waals surface area (Å²) < 4.78 is 30.0. The van der Waals surface area contributed by atoms with Crippen LogP contribution in [-0.4, -0.2) is 53.1 Å². The van der Waals surface area contributed by atoms with Crippen molar-refractivity contribution < 1.29 is 18.3 Å². The minimum Gasteiger partial charge on any atom is -0.469 e. The van der Waals surface area contributed by atoms with Crippen molar-refractivity contribution in [3.8, 4) is 0 Å². The molecule has 2 bridgehead atoms. The summed E-state index contributed by atoms with van der Waals surface area (Å²) in [5.74, 6) is -0.0545. The second-order valence-electron chi connectivity index (χ2n) is 6.72. The molecule has 0 spiro atoms. The normalized spacial score (nSPS) is 25.3. The summed E-state index contributed by atoms with van der Waals surface area (Å²) in [6.07, 6.45) is 3.63. The predicted octanol–water partition coefficient (Wildman–Crippen LogP) is 6.80. The fourth-order valence-corrected chi connectivity index (χ4v) is 4.77. The van der Waals surface area contributed by atoms with E-state index in [0.29, 0.717) is 12.5 Å². The van der Waals surface area contributed by atoms with Gasteiger partial charge in [0.25, 0.3) is 0 Å². The largest absolute Gasteiger partial charge is 0.469 e. The number of hydrogen-bond acceptors (Lipinski definition) is 3. The van der Waals surface area contributed by atoms with Gasteiger partial charge in [0, 0.05) is 28.1 Å². The van der Waals surface area contributed by atoms with Gasteiger partial charge in [-0.1, -0.05) is 59.9 Å². The Morgan fingerprint density at radius 2 is 1.79 bits per heavy atom. The number of carbonyl (C=O) groups is 1. The summed E-state index contributed by atoms with van der Waals surface area (Å²) in [6.45, 7) is 0.456. The molecule has 4 atom stereocenters. The fraction of sp³-hybridized carbons (Fsp3) is 0.650. The van der Waals surface area contributed by atoms with Crippen LogP contribution < -0.4 is 0 Å². The molecule has 166 valence electrons. The van der Waals surface area contributed by atoms with Gasteiger partial charge >= 0.3 is 5.97 Å². The number of carbonyl (C=O) groups excluding carboxylic acids is 1. The third-order valence-electron chi connectivity index (χ3n) is 5.39. The highest BCUT2D eigenvalue weighted by molar-refractivity contribution is 14.1. The van der Waals surface area contributed by atoms with E-state index in [4.69, 9.17) is 4.74 Å². The lowest BCUT2D eigenvalue weighted by Crippen LogP contribution is -2.51. The molecule has 3 rings (SSSR count). The van der Waals surface area contributed by atoms with Gasteiger partial charge in [0.15, 0.2) is 0 Å². The molecule has 0 aliphatic carbocycles. The average Bonchev–Trinajstić information content (AvgIpc) is 2.98. The molecule has 2 saturated heterocycles. The van der Waals surface area contributed by atoms with E-state index in [1.165, 1.54) is 16.2 Å². The molecule has 2 fully saturated rings. The highest BCUT2D eigenvalue weighted by Gasteiger charge is 2.50. The quantitative estimate of drug-likeness (QED) is 0.191. The molecular weight excluding hydrogens is 689 g/mol. The Balaban J connectivity index is 0.000000626. The number of nitrogens with zero attached hydrogens (tertiary/aromatic N) is 1. The van der Waals surface area contributed by atoms with Crippen molar-refractivity contribution in [2.24, 2.45) is 5.92 Å². The van der Waals surface area contributed by atoms with Crippen molar-refractivity contribution in [2.75, 3.05) is 30.2 Å². The van der Waals surface area contributed by atoms with Crippen molar-refractivity contribution in [3.05, 3.63) is 33.4 Å². The highest BCUT2D eigenvalue weighted by Crippen LogP contribution is 2.47. The minimum atomic E-state index is -0.438. The molecule has 0 aromatic heterocycles. The predicted molar refractivity (Wildman–Crippen MR) is 134 cm³/mol. The Labute approximate surface area is 211 Å². The highest BCUT2D eigenvalue weighted by atomic mass is 127. The van der Waals surface area contributed by atoms with Gasteiger partial charge in [0.05, 0.1) is 23.9 Å². The monoisotopic (exact) mass is 713 g/mol. The molecule has 9 heteroatoms. The summed E-state index contributed by atoms with van der Waals surface area (Å²) in [7, 11) is 1.47. The number of hydrogen-bond donors (Lipinski definition) is 0. The van der Waals surface area contributed by atoms with E-state index < -0.39 is 5.58 Å². The van der Waals surface area contributed by atoms with Crippen molar-refractivity contribution >= 4 is 76.4 Å². The van der Waals surface area contributed by atoms with Crippen LogP contribution in [-0.2, 0) is 9.53 Å². The Morgan fingerprint density at radius 1 is 1.21 bits per heavy atom. The Kier molecular flexibility index (Phi) is 14.8. The van der Waals surface area contributed by atoms with Crippen LogP contribution in [0.2, 0.25) is 0 Å². The minimum absolute atomic E-state index is 0.121. The smallest absolute Gasteiger partial charge is 0.310 e. The topological polar surface area (TPSA) is 29.5 Å². The summed E-state index contributed by atoms with van der Waals surface area (Å²) >= 11 is 10.9. The third-order valence-corrected chi connectivity index (χ3v) is 6.11. The number of alkyl halides is 5. The lowest BCUT2D eigenvalue weighted by atomic mass is 9.76. The lowest BCUT2D eigenvalue weighted by Gasteiger charge is -2.43. The first-order chi connectivity index (χ1) is 14.0. The van der Waals surface area contributed by atoms with Gasteiger partial charge in [-0.25, -0.2) is 4.39 Å². The third kappa shape index (κ3) is 8.27. The molecule has 0 radical (unpaired) electrons. The van der Waals surface area contributed by atoms with E-state index in [1.54, 1.807) is 0 Å². The number of methoxy groups -OCH3 is 1. The second-order valence-corrected chi connectivity index (χ2v) is 11.0. The molecule has 29 heavy (non-hydrogen) atoms. The summed E-state index contributed by atoms with van der Waals surface area (Å²) in [5, 5.41) is 0. The van der Waals surface area contributed by atoms with E-state index in [9.17, 15) is 13.6 Å². The van der Waals surface area contributed by atoms with Crippen molar-refractivity contribution in [1.82, 2.24) is 4.90 Å². The van der Waals surface area contributed by atoms with Crippen LogP contribution in [0.3, 0.4) is 0 Å². The first-order valence-corrected chi connectivity index (χ1v) is 13.8. The van der Waals surface area contributed by atoms with Gasteiger partial charge < -0.3 is 4.74 Å². The van der Waals surface area contributed by atoms with E-state index in [1.807, 2.05) is 0 Å². The molecule has 2 heterocycles. The molecular formula is C20H27Br3F2INO2. The molecule has 1 aromatic carbocycles. The molecule has 0 amide bonds. The average molecular weight is 716 g/mol. The van der Waals surface area contributed by atoms with Crippen molar-refractivity contribution in [1.29, 1.82) is 0 Å². The van der Waals surface area contributed by atoms with Crippen LogP contribution in [0.25, 0.3) is 0 Å². The van der Waals surface area contributed by atoms with Crippen LogP contribution in [0.15, 0.2) is 24.3 Å². The van der Waals surface area contributed by atoms with Gasteiger partial charge in [-0.3, -0.25) is 14.1 Å². The number of piperidine rings is 1. The van der Waals surface area contributed by atoms with Crippen molar-refractivity contribution in [2.45, 2.75) is 43.7 Å². The van der Waals surface area contributed by atoms with Crippen LogP contribution >= 0.6 is 70.4 Å². The molecule has 4 unspecified atom stereocenters.